The number of methoxy groups -OCH3 is 2. The zero-order valence-electron chi connectivity index (χ0n) is 24.4. The van der Waals surface area contributed by atoms with Crippen molar-refractivity contribution in [2.24, 2.45) is 4.99 Å². The normalized spacial score (nSPS) is 14.3. The first kappa shape index (κ1) is 30.2. The monoisotopic (exact) mass is 610 g/mol. The second-order valence-electron chi connectivity index (χ2n) is 9.77. The molecule has 0 bridgehead atoms. The molecule has 0 spiro atoms. The van der Waals surface area contributed by atoms with Crippen LogP contribution in [0.1, 0.15) is 40.0 Å². The predicted molar refractivity (Wildman–Crippen MR) is 166 cm³/mol. The number of nitrogens with zero attached hydrogens (tertiary/aromatic N) is 2. The molecule has 0 aliphatic carbocycles. The third kappa shape index (κ3) is 6.25. The smallest absolute Gasteiger partial charge is 0.338 e. The summed E-state index contributed by atoms with van der Waals surface area (Å²) in [6.07, 6.45) is 3.38. The summed E-state index contributed by atoms with van der Waals surface area (Å²) >= 11 is 1.21. The summed E-state index contributed by atoms with van der Waals surface area (Å²) in [5.41, 5.74) is 2.83. The van der Waals surface area contributed by atoms with E-state index in [1.54, 1.807) is 62.6 Å². The molecule has 2 heterocycles. The molecule has 1 aliphatic heterocycles. The summed E-state index contributed by atoms with van der Waals surface area (Å²) in [6.45, 7) is 5.77. The van der Waals surface area contributed by atoms with E-state index in [1.165, 1.54) is 23.0 Å². The van der Waals surface area contributed by atoms with E-state index in [0.717, 1.165) is 11.1 Å². The Morgan fingerprint density at radius 2 is 1.75 bits per heavy atom. The lowest BCUT2D eigenvalue weighted by molar-refractivity contribution is -0.140. The maximum Gasteiger partial charge on any atom is 0.338 e. The molecule has 0 N–H and O–H groups in total. The summed E-state index contributed by atoms with van der Waals surface area (Å²) in [4.78, 5) is 44.8. The molecule has 1 unspecified atom stereocenters. The SMILES string of the molecule is C=CCOc1ccc(C=c2sc3n(c2=O)C(c2ccc(C(=O)OC)cc2)C(C(=O)OCc2ccccc2)=C(C)N=3)cc1OC. The van der Waals surface area contributed by atoms with E-state index in [0.29, 0.717) is 44.3 Å². The molecule has 0 saturated heterocycles. The van der Waals surface area contributed by atoms with Crippen LogP contribution in [0, 0.1) is 0 Å². The number of rotatable bonds is 10. The molecule has 0 saturated carbocycles. The number of hydrogen-bond donors (Lipinski definition) is 0. The molecule has 0 amide bonds. The average Bonchev–Trinajstić information content (AvgIpc) is 3.35. The first-order valence-corrected chi connectivity index (χ1v) is 14.5. The molecule has 1 aromatic heterocycles. The fraction of sp³-hybridized carbons (Fsp3) is 0.176. The molecule has 1 aliphatic rings. The molecule has 9 nitrogen and oxygen atoms in total. The molecule has 4 aromatic rings. The second kappa shape index (κ2) is 13.4. The molecule has 44 heavy (non-hydrogen) atoms. The Hall–Kier alpha value is -5.22. The minimum absolute atomic E-state index is 0.0587. The van der Waals surface area contributed by atoms with Crippen molar-refractivity contribution in [2.45, 2.75) is 19.6 Å². The first-order chi connectivity index (χ1) is 21.3. The van der Waals surface area contributed by atoms with Crippen LogP contribution in [0.5, 0.6) is 11.5 Å². The van der Waals surface area contributed by atoms with Gasteiger partial charge in [0.2, 0.25) is 0 Å². The highest BCUT2D eigenvalue weighted by Crippen LogP contribution is 2.32. The average molecular weight is 611 g/mol. The maximum absolute atomic E-state index is 14.0. The quantitative estimate of drug-likeness (QED) is 0.194. The molecule has 10 heteroatoms. The highest BCUT2D eigenvalue weighted by atomic mass is 32.1. The van der Waals surface area contributed by atoms with E-state index in [1.807, 2.05) is 36.4 Å². The van der Waals surface area contributed by atoms with Gasteiger partial charge < -0.3 is 18.9 Å². The lowest BCUT2D eigenvalue weighted by Gasteiger charge is -2.25. The third-order valence-corrected chi connectivity index (χ3v) is 7.93. The van der Waals surface area contributed by atoms with Gasteiger partial charge in [0.25, 0.3) is 5.56 Å². The second-order valence-corrected chi connectivity index (χ2v) is 10.8. The minimum atomic E-state index is -0.840. The number of fused-ring (bicyclic) bond motifs is 1. The summed E-state index contributed by atoms with van der Waals surface area (Å²) in [7, 11) is 2.85. The van der Waals surface area contributed by atoms with E-state index >= 15 is 0 Å². The third-order valence-electron chi connectivity index (χ3n) is 6.94. The molecule has 1 atom stereocenters. The molecular weight excluding hydrogens is 580 g/mol. The van der Waals surface area contributed by atoms with Crippen molar-refractivity contribution in [1.82, 2.24) is 4.57 Å². The highest BCUT2D eigenvalue weighted by Gasteiger charge is 2.33. The maximum atomic E-state index is 14.0. The Bertz CT molecular complexity index is 1920. The summed E-state index contributed by atoms with van der Waals surface area (Å²) in [6, 6.07) is 20.4. The Balaban J connectivity index is 1.59. The topological polar surface area (TPSA) is 105 Å². The number of ether oxygens (including phenoxy) is 4. The van der Waals surface area contributed by atoms with Crippen molar-refractivity contribution in [3.63, 3.8) is 0 Å². The zero-order chi connectivity index (χ0) is 31.2. The number of benzene rings is 3. The van der Waals surface area contributed by atoms with Crippen molar-refractivity contribution < 1.29 is 28.5 Å². The van der Waals surface area contributed by atoms with E-state index in [-0.39, 0.29) is 17.7 Å². The van der Waals surface area contributed by atoms with Gasteiger partial charge >= 0.3 is 11.9 Å². The van der Waals surface area contributed by atoms with Gasteiger partial charge in [0.05, 0.1) is 41.6 Å². The van der Waals surface area contributed by atoms with Crippen LogP contribution in [0.3, 0.4) is 0 Å². The van der Waals surface area contributed by atoms with Gasteiger partial charge in [-0.2, -0.15) is 0 Å². The Kier molecular flexibility index (Phi) is 9.20. The number of aromatic nitrogens is 1. The molecular formula is C34H30N2O7S. The molecule has 0 radical (unpaired) electrons. The van der Waals surface area contributed by atoms with Crippen molar-refractivity contribution in [3.05, 3.63) is 139 Å². The predicted octanol–water partition coefficient (Wildman–Crippen LogP) is 4.34. The van der Waals surface area contributed by atoms with Crippen LogP contribution in [0.15, 0.2) is 107 Å². The Labute approximate surface area is 257 Å². The number of carbonyl (C=O) groups is 2. The fourth-order valence-corrected chi connectivity index (χ4v) is 5.86. The molecule has 224 valence electrons. The van der Waals surface area contributed by atoms with Gasteiger partial charge in [-0.05, 0) is 54.0 Å². The largest absolute Gasteiger partial charge is 0.493 e. The molecule has 0 fully saturated rings. The summed E-state index contributed by atoms with van der Waals surface area (Å²) in [5, 5.41) is 0. The fourth-order valence-electron chi connectivity index (χ4n) is 4.81. The standard InChI is InChI=1S/C34H30N2O7S/c1-5-17-42-26-16-11-23(18-27(26)40-3)19-28-31(37)36-30(24-12-14-25(15-13-24)32(38)41-4)29(21(2)35-34(36)44-28)33(39)43-20-22-9-7-6-8-10-22/h5-16,18-19,30H,1,17,20H2,2-4H3. The van der Waals surface area contributed by atoms with Gasteiger partial charge in [-0.3, -0.25) is 9.36 Å². The summed E-state index contributed by atoms with van der Waals surface area (Å²) < 4.78 is 23.6. The molecule has 3 aromatic carbocycles. The van der Waals surface area contributed by atoms with Crippen LogP contribution in [0.4, 0.5) is 0 Å². The number of hydrogen-bond acceptors (Lipinski definition) is 9. The van der Waals surface area contributed by atoms with Gasteiger partial charge in [-0.1, -0.05) is 72.5 Å². The van der Waals surface area contributed by atoms with Gasteiger partial charge in [0.1, 0.15) is 13.2 Å². The lowest BCUT2D eigenvalue weighted by Crippen LogP contribution is -2.39. The van der Waals surface area contributed by atoms with E-state index in [4.69, 9.17) is 18.9 Å². The van der Waals surface area contributed by atoms with Crippen LogP contribution in [0.25, 0.3) is 6.08 Å². The molecule has 5 rings (SSSR count). The van der Waals surface area contributed by atoms with Crippen molar-refractivity contribution in [2.75, 3.05) is 20.8 Å². The Morgan fingerprint density at radius 3 is 2.43 bits per heavy atom. The number of carbonyl (C=O) groups excluding carboxylic acids is 2. The van der Waals surface area contributed by atoms with E-state index < -0.39 is 18.0 Å². The Morgan fingerprint density at radius 1 is 1.00 bits per heavy atom. The number of allylic oxidation sites excluding steroid dienone is 1. The number of thiazole rings is 1. The van der Waals surface area contributed by atoms with Gasteiger partial charge in [0, 0.05) is 0 Å². The van der Waals surface area contributed by atoms with E-state index in [9.17, 15) is 14.4 Å². The first-order valence-electron chi connectivity index (χ1n) is 13.7. The van der Waals surface area contributed by atoms with Crippen LogP contribution >= 0.6 is 11.3 Å². The van der Waals surface area contributed by atoms with Crippen LogP contribution < -0.4 is 24.4 Å². The van der Waals surface area contributed by atoms with Gasteiger partial charge in [0.15, 0.2) is 16.3 Å². The van der Waals surface area contributed by atoms with Gasteiger partial charge in [-0.25, -0.2) is 14.6 Å². The van der Waals surface area contributed by atoms with Crippen LogP contribution in [-0.2, 0) is 20.9 Å². The number of esters is 2. The zero-order valence-corrected chi connectivity index (χ0v) is 25.3. The summed E-state index contributed by atoms with van der Waals surface area (Å²) in [5.74, 6) is -0.0239. The minimum Gasteiger partial charge on any atom is -0.493 e. The lowest BCUT2D eigenvalue weighted by atomic mass is 9.95. The van der Waals surface area contributed by atoms with Crippen molar-refractivity contribution in [1.29, 1.82) is 0 Å². The van der Waals surface area contributed by atoms with E-state index in [2.05, 4.69) is 11.6 Å². The van der Waals surface area contributed by atoms with Crippen LogP contribution in [-0.4, -0.2) is 37.3 Å². The van der Waals surface area contributed by atoms with Gasteiger partial charge in [-0.15, -0.1) is 0 Å². The van der Waals surface area contributed by atoms with Crippen molar-refractivity contribution >= 4 is 29.4 Å². The van der Waals surface area contributed by atoms with Crippen LogP contribution in [0.2, 0.25) is 0 Å². The highest BCUT2D eigenvalue weighted by molar-refractivity contribution is 7.07. The van der Waals surface area contributed by atoms with Crippen molar-refractivity contribution in [3.8, 4) is 11.5 Å².